The second-order valence-corrected chi connectivity index (χ2v) is 3.63. The summed E-state index contributed by atoms with van der Waals surface area (Å²) in [6.45, 7) is -1.17. The highest BCUT2D eigenvalue weighted by Gasteiger charge is 2.17. The maximum atomic E-state index is 12.2. The number of nitrogens with zero attached hydrogens (tertiary/aromatic N) is 1. The summed E-state index contributed by atoms with van der Waals surface area (Å²) >= 11 is 0. The zero-order chi connectivity index (χ0) is 15.1. The minimum absolute atomic E-state index is 0.106. The molecular formula is C13H13F2NO4. The fourth-order valence-corrected chi connectivity index (χ4v) is 1.58. The number of halogens is 2. The molecule has 0 unspecified atom stereocenters. The smallest absolute Gasteiger partial charge is 0.387 e. The predicted molar refractivity (Wildman–Crippen MR) is 64.7 cm³/mol. The van der Waals surface area contributed by atoms with E-state index in [1.165, 1.54) is 13.2 Å². The molecule has 1 rings (SSSR count). The lowest BCUT2D eigenvalue weighted by atomic mass is 10.1. The maximum absolute atomic E-state index is 12.2. The van der Waals surface area contributed by atoms with Crippen molar-refractivity contribution < 1.29 is 27.8 Å². The van der Waals surface area contributed by atoms with Crippen LogP contribution in [0, 0.1) is 11.3 Å². The van der Waals surface area contributed by atoms with Gasteiger partial charge < -0.3 is 14.2 Å². The van der Waals surface area contributed by atoms with Crippen molar-refractivity contribution in [1.82, 2.24) is 0 Å². The van der Waals surface area contributed by atoms with Crippen LogP contribution in [0.15, 0.2) is 12.1 Å². The van der Waals surface area contributed by atoms with Crippen molar-refractivity contribution in [2.75, 3.05) is 13.7 Å². The Labute approximate surface area is 114 Å². The van der Waals surface area contributed by atoms with E-state index >= 15 is 0 Å². The Morgan fingerprint density at radius 1 is 1.40 bits per heavy atom. The van der Waals surface area contributed by atoms with Crippen LogP contribution < -0.4 is 9.47 Å². The van der Waals surface area contributed by atoms with Gasteiger partial charge in [-0.1, -0.05) is 0 Å². The van der Waals surface area contributed by atoms with Gasteiger partial charge in [0.2, 0.25) is 0 Å². The number of hydrogen-bond acceptors (Lipinski definition) is 5. The molecular weight excluding hydrogens is 272 g/mol. The summed E-state index contributed by atoms with van der Waals surface area (Å²) < 4.78 is 38.5. The van der Waals surface area contributed by atoms with Crippen LogP contribution in [0.3, 0.4) is 0 Å². The number of hydrogen-bond donors (Lipinski definition) is 0. The van der Waals surface area contributed by atoms with E-state index in [0.717, 1.165) is 6.07 Å². The molecule has 0 saturated heterocycles. The zero-order valence-corrected chi connectivity index (χ0v) is 11.0. The van der Waals surface area contributed by atoms with Crippen molar-refractivity contribution in [3.8, 4) is 17.6 Å². The van der Waals surface area contributed by atoms with Crippen LogP contribution in [0.2, 0.25) is 0 Å². The lowest BCUT2D eigenvalue weighted by Gasteiger charge is -2.12. The monoisotopic (exact) mass is 285 g/mol. The van der Waals surface area contributed by atoms with Crippen LogP contribution in [0.4, 0.5) is 8.78 Å². The summed E-state index contributed by atoms with van der Waals surface area (Å²) in [6, 6.07) is 4.16. The van der Waals surface area contributed by atoms with Crippen molar-refractivity contribution in [1.29, 1.82) is 5.26 Å². The van der Waals surface area contributed by atoms with E-state index in [9.17, 15) is 13.6 Å². The topological polar surface area (TPSA) is 68.6 Å². The van der Waals surface area contributed by atoms with Gasteiger partial charge in [0, 0.05) is 11.6 Å². The first-order chi connectivity index (χ1) is 9.51. The van der Waals surface area contributed by atoms with Crippen LogP contribution in [0.1, 0.15) is 18.1 Å². The van der Waals surface area contributed by atoms with Crippen LogP contribution in [-0.4, -0.2) is 26.3 Å². The number of alkyl halides is 2. The summed E-state index contributed by atoms with van der Waals surface area (Å²) in [4.78, 5) is 11.4. The Hall–Kier alpha value is -2.36. The molecule has 5 nitrogen and oxygen atoms in total. The number of esters is 1. The summed E-state index contributed by atoms with van der Waals surface area (Å²) in [5.74, 6) is -0.628. The number of carbonyl (C=O) groups excluding carboxylic acids is 1. The minimum Gasteiger partial charge on any atom is -0.496 e. The largest absolute Gasteiger partial charge is 0.496 e. The van der Waals surface area contributed by atoms with Gasteiger partial charge in [0.25, 0.3) is 0 Å². The normalized spacial score (nSPS) is 10.0. The molecule has 0 N–H and O–H groups in total. The van der Waals surface area contributed by atoms with Crippen LogP contribution in [0.5, 0.6) is 11.5 Å². The van der Waals surface area contributed by atoms with Crippen LogP contribution in [-0.2, 0) is 16.0 Å². The average molecular weight is 285 g/mol. The van der Waals surface area contributed by atoms with Crippen molar-refractivity contribution in [3.05, 3.63) is 23.3 Å². The summed E-state index contributed by atoms with van der Waals surface area (Å²) in [7, 11) is 1.32. The highest BCUT2D eigenvalue weighted by Crippen LogP contribution is 2.30. The molecule has 0 aliphatic rings. The van der Waals surface area contributed by atoms with E-state index < -0.39 is 12.6 Å². The van der Waals surface area contributed by atoms with Gasteiger partial charge in [-0.25, -0.2) is 0 Å². The molecule has 0 radical (unpaired) electrons. The van der Waals surface area contributed by atoms with E-state index in [4.69, 9.17) is 14.7 Å². The Balaban J connectivity index is 3.12. The molecule has 1 aromatic carbocycles. The molecule has 0 amide bonds. The summed E-state index contributed by atoms with van der Waals surface area (Å²) in [5, 5.41) is 8.92. The number of methoxy groups -OCH3 is 1. The van der Waals surface area contributed by atoms with Crippen molar-refractivity contribution in [2.24, 2.45) is 0 Å². The maximum Gasteiger partial charge on any atom is 0.387 e. The minimum atomic E-state index is -3.05. The van der Waals surface area contributed by atoms with Gasteiger partial charge in [-0.3, -0.25) is 4.79 Å². The predicted octanol–water partition coefficient (Wildman–Crippen LogP) is 2.27. The molecule has 0 aliphatic heterocycles. The zero-order valence-electron chi connectivity index (χ0n) is 11.0. The lowest BCUT2D eigenvalue weighted by Crippen LogP contribution is -2.10. The summed E-state index contributed by atoms with van der Waals surface area (Å²) in [6.07, 6.45) is -0.124. The molecule has 7 heteroatoms. The third-order valence-corrected chi connectivity index (χ3v) is 2.36. The molecule has 0 heterocycles. The molecule has 0 aliphatic carbocycles. The fraction of sp³-hybridized carbons (Fsp3) is 0.385. The van der Waals surface area contributed by atoms with Gasteiger partial charge in [0.1, 0.15) is 17.6 Å². The average Bonchev–Trinajstić information content (AvgIpc) is 2.39. The number of nitriles is 1. The standard InChI is InChI=1S/C13H13F2NO4/c1-3-19-12(17)5-8-4-9(7-16)11(20-13(14)15)6-10(8)18-2/h4,6,13H,3,5H2,1-2H3. The van der Waals surface area contributed by atoms with Gasteiger partial charge in [-0.05, 0) is 13.0 Å². The van der Waals surface area contributed by atoms with E-state index in [-0.39, 0.29) is 30.1 Å². The molecule has 20 heavy (non-hydrogen) atoms. The Kier molecular flexibility index (Phi) is 5.72. The number of benzene rings is 1. The van der Waals surface area contributed by atoms with Crippen LogP contribution >= 0.6 is 0 Å². The SMILES string of the molecule is CCOC(=O)Cc1cc(C#N)c(OC(F)F)cc1OC. The molecule has 0 bridgehead atoms. The summed E-state index contributed by atoms with van der Waals surface area (Å²) in [5.41, 5.74) is 0.259. The van der Waals surface area contributed by atoms with E-state index in [1.54, 1.807) is 13.0 Å². The molecule has 0 saturated carbocycles. The molecule has 0 aromatic heterocycles. The molecule has 1 aromatic rings. The van der Waals surface area contributed by atoms with Crippen molar-refractivity contribution >= 4 is 5.97 Å². The van der Waals surface area contributed by atoms with E-state index in [2.05, 4.69) is 4.74 Å². The second kappa shape index (κ2) is 7.28. The third-order valence-electron chi connectivity index (χ3n) is 2.36. The quantitative estimate of drug-likeness (QED) is 0.750. The van der Waals surface area contributed by atoms with Crippen molar-refractivity contribution in [3.63, 3.8) is 0 Å². The van der Waals surface area contributed by atoms with Gasteiger partial charge in [-0.2, -0.15) is 14.0 Å². The highest BCUT2D eigenvalue weighted by molar-refractivity contribution is 5.74. The molecule has 0 atom stereocenters. The van der Waals surface area contributed by atoms with E-state index in [1.807, 2.05) is 0 Å². The van der Waals surface area contributed by atoms with Gasteiger partial charge in [0.05, 0.1) is 25.7 Å². The highest BCUT2D eigenvalue weighted by atomic mass is 19.3. The fourth-order valence-electron chi connectivity index (χ4n) is 1.58. The Morgan fingerprint density at radius 2 is 2.10 bits per heavy atom. The lowest BCUT2D eigenvalue weighted by molar-refractivity contribution is -0.142. The molecule has 0 fully saturated rings. The second-order valence-electron chi connectivity index (χ2n) is 3.63. The Bertz CT molecular complexity index is 526. The number of rotatable bonds is 6. The van der Waals surface area contributed by atoms with Crippen LogP contribution in [0.25, 0.3) is 0 Å². The first-order valence-corrected chi connectivity index (χ1v) is 5.73. The Morgan fingerprint density at radius 3 is 2.60 bits per heavy atom. The molecule has 0 spiro atoms. The molecule has 108 valence electrons. The first kappa shape index (κ1) is 15.7. The van der Waals surface area contributed by atoms with E-state index in [0.29, 0.717) is 5.56 Å². The van der Waals surface area contributed by atoms with Gasteiger partial charge >= 0.3 is 12.6 Å². The van der Waals surface area contributed by atoms with Gasteiger partial charge in [-0.15, -0.1) is 0 Å². The van der Waals surface area contributed by atoms with Crippen molar-refractivity contribution in [2.45, 2.75) is 20.0 Å². The first-order valence-electron chi connectivity index (χ1n) is 5.73. The number of ether oxygens (including phenoxy) is 3. The third kappa shape index (κ3) is 4.09. The van der Waals surface area contributed by atoms with Gasteiger partial charge in [0.15, 0.2) is 0 Å². The number of carbonyl (C=O) groups is 1.